The van der Waals surface area contributed by atoms with Crippen LogP contribution in [-0.4, -0.2) is 23.2 Å². The van der Waals surface area contributed by atoms with Gasteiger partial charge in [0.1, 0.15) is 5.54 Å². The lowest BCUT2D eigenvalue weighted by Crippen LogP contribution is -2.59. The van der Waals surface area contributed by atoms with Gasteiger partial charge >= 0.3 is 5.97 Å². The molecule has 0 aliphatic carbocycles. The van der Waals surface area contributed by atoms with Crippen molar-refractivity contribution in [2.24, 2.45) is 11.3 Å². The van der Waals surface area contributed by atoms with E-state index < -0.39 is 11.5 Å². The van der Waals surface area contributed by atoms with Crippen molar-refractivity contribution in [1.29, 1.82) is 0 Å². The second-order valence-corrected chi connectivity index (χ2v) is 5.45. The highest BCUT2D eigenvalue weighted by Gasteiger charge is 2.43. The number of rotatable bonds is 4. The van der Waals surface area contributed by atoms with Gasteiger partial charge in [0.25, 0.3) is 0 Å². The monoisotopic (exact) mass is 201 g/mol. The Balaban J connectivity index is 4.67. The van der Waals surface area contributed by atoms with Crippen LogP contribution >= 0.6 is 0 Å². The van der Waals surface area contributed by atoms with Crippen molar-refractivity contribution in [3.8, 4) is 0 Å². The van der Waals surface area contributed by atoms with Crippen LogP contribution in [0.15, 0.2) is 0 Å². The Morgan fingerprint density at radius 3 is 1.93 bits per heavy atom. The van der Waals surface area contributed by atoms with Gasteiger partial charge in [-0.3, -0.25) is 4.79 Å². The smallest absolute Gasteiger partial charge is 0.324 e. The molecule has 0 amide bonds. The third-order valence-electron chi connectivity index (χ3n) is 2.79. The number of carbonyl (C=O) groups is 1. The molecule has 0 rings (SSSR count). The van der Waals surface area contributed by atoms with E-state index in [1.165, 1.54) is 0 Å². The number of hydrogen-bond acceptors (Lipinski definition) is 2. The number of hydrogen-bond donors (Lipinski definition) is 2. The summed E-state index contributed by atoms with van der Waals surface area (Å²) in [4.78, 5) is 11.2. The Labute approximate surface area is 86.9 Å². The molecule has 84 valence electrons. The standard InChI is InChI=1S/C11H23NO2/c1-8(2)7-12-11(6,9(13)14)10(3,4)5/h8,12H,7H2,1-6H3,(H,13,14). The fourth-order valence-electron chi connectivity index (χ4n) is 1.07. The van der Waals surface area contributed by atoms with E-state index in [9.17, 15) is 9.90 Å². The van der Waals surface area contributed by atoms with Crippen molar-refractivity contribution in [3.63, 3.8) is 0 Å². The molecular weight excluding hydrogens is 178 g/mol. The molecule has 14 heavy (non-hydrogen) atoms. The van der Waals surface area contributed by atoms with E-state index in [0.29, 0.717) is 5.92 Å². The van der Waals surface area contributed by atoms with Gasteiger partial charge in [-0.05, 0) is 24.8 Å². The molecule has 1 atom stereocenters. The molecule has 0 aromatic rings. The maximum Gasteiger partial charge on any atom is 0.324 e. The van der Waals surface area contributed by atoms with Gasteiger partial charge in [-0.1, -0.05) is 34.6 Å². The predicted molar refractivity (Wildman–Crippen MR) is 58.3 cm³/mol. The highest BCUT2D eigenvalue weighted by atomic mass is 16.4. The summed E-state index contributed by atoms with van der Waals surface area (Å²) in [5, 5.41) is 12.4. The summed E-state index contributed by atoms with van der Waals surface area (Å²) >= 11 is 0. The molecule has 0 bridgehead atoms. The second kappa shape index (κ2) is 4.30. The molecule has 0 saturated carbocycles. The number of carboxylic acids is 1. The van der Waals surface area contributed by atoms with Gasteiger partial charge in [-0.15, -0.1) is 0 Å². The predicted octanol–water partition coefficient (Wildman–Crippen LogP) is 2.12. The van der Waals surface area contributed by atoms with E-state index in [-0.39, 0.29) is 5.41 Å². The molecule has 0 aromatic heterocycles. The van der Waals surface area contributed by atoms with Crippen LogP contribution in [0.1, 0.15) is 41.5 Å². The Bertz CT molecular complexity index is 206. The van der Waals surface area contributed by atoms with Crippen LogP contribution in [0.5, 0.6) is 0 Å². The zero-order valence-corrected chi connectivity index (χ0v) is 10.1. The molecule has 0 heterocycles. The molecule has 3 nitrogen and oxygen atoms in total. The normalized spacial score (nSPS) is 16.8. The third-order valence-corrected chi connectivity index (χ3v) is 2.79. The van der Waals surface area contributed by atoms with Gasteiger partial charge < -0.3 is 10.4 Å². The maximum atomic E-state index is 11.2. The Morgan fingerprint density at radius 2 is 1.71 bits per heavy atom. The lowest BCUT2D eigenvalue weighted by molar-refractivity contribution is -0.149. The number of carboxylic acid groups (broad SMARTS) is 1. The quantitative estimate of drug-likeness (QED) is 0.732. The largest absolute Gasteiger partial charge is 0.480 e. The van der Waals surface area contributed by atoms with E-state index in [4.69, 9.17) is 0 Å². The minimum atomic E-state index is -0.864. The Morgan fingerprint density at radius 1 is 1.29 bits per heavy atom. The van der Waals surface area contributed by atoms with Crippen LogP contribution in [0.4, 0.5) is 0 Å². The summed E-state index contributed by atoms with van der Waals surface area (Å²) in [6.07, 6.45) is 0. The summed E-state index contributed by atoms with van der Waals surface area (Å²) in [5.41, 5.74) is -1.16. The molecule has 0 fully saturated rings. The van der Waals surface area contributed by atoms with Crippen molar-refractivity contribution < 1.29 is 9.90 Å². The van der Waals surface area contributed by atoms with E-state index in [1.54, 1.807) is 6.92 Å². The van der Waals surface area contributed by atoms with Crippen LogP contribution < -0.4 is 5.32 Å². The molecule has 0 spiro atoms. The van der Waals surface area contributed by atoms with Crippen LogP contribution in [-0.2, 0) is 4.79 Å². The Hall–Kier alpha value is -0.570. The van der Waals surface area contributed by atoms with E-state index in [2.05, 4.69) is 19.2 Å². The summed E-state index contributed by atoms with van der Waals surface area (Å²) in [7, 11) is 0. The van der Waals surface area contributed by atoms with Crippen LogP contribution in [0.25, 0.3) is 0 Å². The molecule has 0 aromatic carbocycles. The highest BCUT2D eigenvalue weighted by Crippen LogP contribution is 2.30. The number of aliphatic carboxylic acids is 1. The zero-order chi connectivity index (χ0) is 11.6. The molecule has 3 heteroatoms. The van der Waals surface area contributed by atoms with Crippen molar-refractivity contribution in [2.75, 3.05) is 6.54 Å². The molecule has 0 saturated heterocycles. The third kappa shape index (κ3) is 2.98. The first kappa shape index (κ1) is 13.4. The molecule has 2 N–H and O–H groups in total. The topological polar surface area (TPSA) is 49.3 Å². The molecule has 1 unspecified atom stereocenters. The van der Waals surface area contributed by atoms with Crippen molar-refractivity contribution >= 4 is 5.97 Å². The first-order valence-corrected chi connectivity index (χ1v) is 5.09. The summed E-state index contributed by atoms with van der Waals surface area (Å²) < 4.78 is 0. The summed E-state index contributed by atoms with van der Waals surface area (Å²) in [6, 6.07) is 0. The van der Waals surface area contributed by atoms with Gasteiger partial charge in [-0.25, -0.2) is 0 Å². The number of nitrogens with one attached hydrogen (secondary N) is 1. The summed E-state index contributed by atoms with van der Waals surface area (Å²) in [5.74, 6) is -0.332. The average Bonchev–Trinajstić information content (AvgIpc) is 1.97. The second-order valence-electron chi connectivity index (χ2n) is 5.45. The van der Waals surface area contributed by atoms with Gasteiger partial charge in [0, 0.05) is 0 Å². The van der Waals surface area contributed by atoms with Crippen LogP contribution in [0.2, 0.25) is 0 Å². The molecular formula is C11H23NO2. The van der Waals surface area contributed by atoms with E-state index >= 15 is 0 Å². The fraction of sp³-hybridized carbons (Fsp3) is 0.909. The van der Waals surface area contributed by atoms with Gasteiger partial charge in [0.15, 0.2) is 0 Å². The van der Waals surface area contributed by atoms with E-state index in [0.717, 1.165) is 6.54 Å². The maximum absolute atomic E-state index is 11.2. The minimum absolute atomic E-state index is 0.298. The Kier molecular flexibility index (Phi) is 4.13. The lowest BCUT2D eigenvalue weighted by atomic mass is 9.74. The highest BCUT2D eigenvalue weighted by molar-refractivity contribution is 5.79. The van der Waals surface area contributed by atoms with Crippen molar-refractivity contribution in [2.45, 2.75) is 47.1 Å². The van der Waals surface area contributed by atoms with E-state index in [1.807, 2.05) is 20.8 Å². The molecule has 0 radical (unpaired) electrons. The fourth-order valence-corrected chi connectivity index (χ4v) is 1.07. The zero-order valence-electron chi connectivity index (χ0n) is 10.1. The van der Waals surface area contributed by atoms with Gasteiger partial charge in [0.05, 0.1) is 0 Å². The lowest BCUT2D eigenvalue weighted by Gasteiger charge is -2.39. The van der Waals surface area contributed by atoms with Crippen LogP contribution in [0.3, 0.4) is 0 Å². The SMILES string of the molecule is CC(C)CNC(C)(C(=O)O)C(C)(C)C. The van der Waals surface area contributed by atoms with Crippen molar-refractivity contribution in [1.82, 2.24) is 5.32 Å². The first-order chi connectivity index (χ1) is 6.11. The molecule has 0 aliphatic heterocycles. The van der Waals surface area contributed by atoms with Crippen LogP contribution in [0, 0.1) is 11.3 Å². The summed E-state index contributed by atoms with van der Waals surface area (Å²) in [6.45, 7) is 12.4. The first-order valence-electron chi connectivity index (χ1n) is 5.09. The van der Waals surface area contributed by atoms with Gasteiger partial charge in [0.2, 0.25) is 0 Å². The van der Waals surface area contributed by atoms with Crippen molar-refractivity contribution in [3.05, 3.63) is 0 Å². The van der Waals surface area contributed by atoms with Gasteiger partial charge in [-0.2, -0.15) is 0 Å². The average molecular weight is 201 g/mol. The minimum Gasteiger partial charge on any atom is -0.480 e. The molecule has 0 aliphatic rings.